The number of nitrogens with one attached hydrogen (secondary N) is 2. The lowest BCUT2D eigenvalue weighted by Gasteiger charge is -2.12. The molecule has 11 nitrogen and oxygen atoms in total. The number of aromatic hydroxyl groups is 1. The molecule has 1 amide bonds. The van der Waals surface area contributed by atoms with Crippen LogP contribution < -0.4 is 10.1 Å². The number of aromatic amines is 1. The molecule has 5 aromatic rings. The smallest absolute Gasteiger partial charge is 0.418 e. The molecule has 5 rings (SSSR count). The van der Waals surface area contributed by atoms with E-state index in [1.165, 1.54) is 25.1 Å². The number of carbonyl (C=O) groups is 2. The van der Waals surface area contributed by atoms with E-state index >= 15 is 0 Å². The average molecular weight is 527 g/mol. The van der Waals surface area contributed by atoms with Crippen molar-refractivity contribution in [2.75, 3.05) is 14.2 Å². The molecule has 2 aromatic carbocycles. The molecule has 3 N–H and O–H groups in total. The van der Waals surface area contributed by atoms with Gasteiger partial charge in [-0.2, -0.15) is 0 Å². The Labute approximate surface area is 223 Å². The number of benzene rings is 2. The van der Waals surface area contributed by atoms with Crippen molar-refractivity contribution >= 4 is 23.0 Å². The number of methoxy groups -OCH3 is 2. The highest BCUT2D eigenvalue weighted by atomic mass is 16.5. The van der Waals surface area contributed by atoms with Gasteiger partial charge in [-0.1, -0.05) is 12.1 Å². The topological polar surface area (TPSA) is 144 Å². The molecule has 0 bridgehead atoms. The SMILES string of the molecule is COC(=O)n1cnc(C[C@H](C)NC(=O)c2ccc3nc(-c4cccc(-c5cccnc5OC)c4O)[nH]c3c2)c1. The van der Waals surface area contributed by atoms with Gasteiger partial charge in [-0.25, -0.2) is 24.3 Å². The summed E-state index contributed by atoms with van der Waals surface area (Å²) in [5.41, 5.74) is 4.10. The summed E-state index contributed by atoms with van der Waals surface area (Å²) in [6, 6.07) is 13.9. The van der Waals surface area contributed by atoms with Crippen LogP contribution in [0.2, 0.25) is 0 Å². The second kappa shape index (κ2) is 10.7. The van der Waals surface area contributed by atoms with Crippen LogP contribution in [0.4, 0.5) is 4.79 Å². The first-order chi connectivity index (χ1) is 18.9. The van der Waals surface area contributed by atoms with E-state index < -0.39 is 6.09 Å². The monoisotopic (exact) mass is 526 g/mol. The predicted octanol–water partition coefficient (Wildman–Crippen LogP) is 4.18. The maximum atomic E-state index is 12.9. The molecule has 0 radical (unpaired) electrons. The largest absolute Gasteiger partial charge is 0.507 e. The number of imidazole rings is 2. The number of rotatable bonds is 7. The molecule has 0 unspecified atom stereocenters. The minimum Gasteiger partial charge on any atom is -0.507 e. The van der Waals surface area contributed by atoms with Crippen LogP contribution in [0.15, 0.2) is 67.3 Å². The quantitative estimate of drug-likeness (QED) is 0.287. The molecule has 0 spiro atoms. The first-order valence-corrected chi connectivity index (χ1v) is 12.1. The van der Waals surface area contributed by atoms with Gasteiger partial charge in [0.1, 0.15) is 17.9 Å². The fourth-order valence-electron chi connectivity index (χ4n) is 4.33. The molecule has 0 fully saturated rings. The number of para-hydroxylation sites is 1. The number of carbonyl (C=O) groups excluding carboxylic acids is 2. The molecule has 198 valence electrons. The maximum absolute atomic E-state index is 12.9. The Hall–Kier alpha value is -5.19. The summed E-state index contributed by atoms with van der Waals surface area (Å²) in [6.07, 6.45) is 4.47. The fourth-order valence-corrected chi connectivity index (χ4v) is 4.33. The molecule has 0 saturated heterocycles. The van der Waals surface area contributed by atoms with E-state index in [9.17, 15) is 14.7 Å². The van der Waals surface area contributed by atoms with Crippen LogP contribution in [0.1, 0.15) is 23.0 Å². The summed E-state index contributed by atoms with van der Waals surface area (Å²) in [5, 5.41) is 14.1. The zero-order chi connectivity index (χ0) is 27.5. The van der Waals surface area contributed by atoms with Gasteiger partial charge < -0.3 is 24.9 Å². The maximum Gasteiger partial charge on any atom is 0.418 e. The Morgan fingerprint density at radius 3 is 2.67 bits per heavy atom. The van der Waals surface area contributed by atoms with E-state index in [0.29, 0.717) is 57.1 Å². The van der Waals surface area contributed by atoms with Crippen molar-refractivity contribution in [3.63, 3.8) is 0 Å². The minimum atomic E-state index is -0.533. The van der Waals surface area contributed by atoms with E-state index in [-0.39, 0.29) is 17.7 Å². The van der Waals surface area contributed by atoms with Crippen LogP contribution in [0, 0.1) is 0 Å². The summed E-state index contributed by atoms with van der Waals surface area (Å²) in [5.74, 6) is 0.626. The number of hydrogen-bond donors (Lipinski definition) is 3. The molecule has 3 heterocycles. The molecule has 39 heavy (non-hydrogen) atoms. The lowest BCUT2D eigenvalue weighted by Crippen LogP contribution is -2.34. The van der Waals surface area contributed by atoms with Crippen molar-refractivity contribution in [1.29, 1.82) is 0 Å². The molecule has 11 heteroatoms. The van der Waals surface area contributed by atoms with Crippen molar-refractivity contribution in [3.8, 4) is 34.1 Å². The minimum absolute atomic E-state index is 0.0317. The molecule has 0 aliphatic heterocycles. The highest BCUT2D eigenvalue weighted by molar-refractivity contribution is 5.98. The normalized spacial score (nSPS) is 11.8. The summed E-state index contributed by atoms with van der Waals surface area (Å²) < 4.78 is 11.3. The van der Waals surface area contributed by atoms with Gasteiger partial charge in [0.15, 0.2) is 0 Å². The predicted molar refractivity (Wildman–Crippen MR) is 144 cm³/mol. The first kappa shape index (κ1) is 25.5. The number of phenolic OH excluding ortho intramolecular Hbond substituents is 1. The number of hydrogen-bond acceptors (Lipinski definition) is 8. The molecular formula is C28H26N6O5. The van der Waals surface area contributed by atoms with Gasteiger partial charge >= 0.3 is 6.09 Å². The number of ether oxygens (including phenoxy) is 2. The van der Waals surface area contributed by atoms with Gasteiger partial charge in [0.05, 0.1) is 36.5 Å². The molecule has 1 atom stereocenters. The van der Waals surface area contributed by atoms with Gasteiger partial charge in [-0.15, -0.1) is 0 Å². The number of nitrogens with zero attached hydrogens (tertiary/aromatic N) is 4. The number of H-pyrrole nitrogens is 1. The summed E-state index contributed by atoms with van der Waals surface area (Å²) in [4.78, 5) is 40.8. The van der Waals surface area contributed by atoms with Crippen LogP contribution in [0.3, 0.4) is 0 Å². The van der Waals surface area contributed by atoms with Gasteiger partial charge in [-0.3, -0.25) is 4.79 Å². The highest BCUT2D eigenvalue weighted by Gasteiger charge is 2.18. The number of phenols is 1. The third-order valence-corrected chi connectivity index (χ3v) is 6.20. The number of pyridine rings is 1. The molecule has 0 aliphatic rings. The zero-order valence-electron chi connectivity index (χ0n) is 21.5. The van der Waals surface area contributed by atoms with Crippen molar-refractivity contribution < 1.29 is 24.2 Å². The van der Waals surface area contributed by atoms with E-state index in [1.54, 1.807) is 48.8 Å². The van der Waals surface area contributed by atoms with Crippen molar-refractivity contribution in [2.45, 2.75) is 19.4 Å². The number of fused-ring (bicyclic) bond motifs is 1. The Morgan fingerprint density at radius 1 is 1.08 bits per heavy atom. The highest BCUT2D eigenvalue weighted by Crippen LogP contribution is 2.40. The van der Waals surface area contributed by atoms with Gasteiger partial charge in [-0.05, 0) is 43.3 Å². The average Bonchev–Trinajstić information content (AvgIpc) is 3.59. The van der Waals surface area contributed by atoms with E-state index in [1.807, 2.05) is 19.1 Å². The summed E-state index contributed by atoms with van der Waals surface area (Å²) in [6.45, 7) is 1.86. The Balaban J connectivity index is 1.35. The molecule has 3 aromatic heterocycles. The van der Waals surface area contributed by atoms with E-state index in [2.05, 4.69) is 30.0 Å². The van der Waals surface area contributed by atoms with Crippen LogP contribution in [0.5, 0.6) is 11.6 Å². The van der Waals surface area contributed by atoms with Crippen LogP contribution in [-0.2, 0) is 11.2 Å². The van der Waals surface area contributed by atoms with E-state index in [0.717, 1.165) is 0 Å². The summed E-state index contributed by atoms with van der Waals surface area (Å²) in [7, 11) is 2.82. The standard InChI is InChI=1S/C28H26N6O5/c1-16(12-18-14-34(15-30-18)28(37)39-3)31-26(36)17-9-10-22-23(13-17)33-25(32-22)21-7-4-6-19(24(21)35)20-8-5-11-29-27(20)38-2/h4-11,13-16,35H,12H2,1-3H3,(H,31,36)(H,32,33)/t16-/m0/s1. The van der Waals surface area contributed by atoms with Gasteiger partial charge in [0.25, 0.3) is 5.91 Å². The van der Waals surface area contributed by atoms with Crippen LogP contribution in [-0.4, -0.2) is 61.9 Å². The van der Waals surface area contributed by atoms with Crippen LogP contribution in [0.25, 0.3) is 33.5 Å². The first-order valence-electron chi connectivity index (χ1n) is 12.1. The lowest BCUT2D eigenvalue weighted by atomic mass is 10.0. The van der Waals surface area contributed by atoms with Gasteiger partial charge in [0, 0.05) is 41.5 Å². The van der Waals surface area contributed by atoms with Crippen molar-refractivity contribution in [3.05, 3.63) is 78.5 Å². The third-order valence-electron chi connectivity index (χ3n) is 6.20. The fraction of sp³-hybridized carbons (Fsp3) is 0.179. The van der Waals surface area contributed by atoms with Crippen molar-refractivity contribution in [1.82, 2.24) is 29.8 Å². The molecule has 0 aliphatic carbocycles. The lowest BCUT2D eigenvalue weighted by molar-refractivity contribution is 0.0940. The molecule has 0 saturated carbocycles. The Kier molecular flexibility index (Phi) is 6.96. The summed E-state index contributed by atoms with van der Waals surface area (Å²) >= 11 is 0. The zero-order valence-corrected chi connectivity index (χ0v) is 21.5. The van der Waals surface area contributed by atoms with Crippen LogP contribution >= 0.6 is 0 Å². The number of amides is 1. The number of aromatic nitrogens is 5. The second-order valence-corrected chi connectivity index (χ2v) is 8.90. The Bertz CT molecular complexity index is 1670. The van der Waals surface area contributed by atoms with Gasteiger partial charge in [0.2, 0.25) is 5.88 Å². The third kappa shape index (κ3) is 5.14. The Morgan fingerprint density at radius 2 is 1.87 bits per heavy atom. The molecular weight excluding hydrogens is 500 g/mol. The van der Waals surface area contributed by atoms with E-state index in [4.69, 9.17) is 4.74 Å². The van der Waals surface area contributed by atoms with Crippen molar-refractivity contribution in [2.24, 2.45) is 0 Å². The second-order valence-electron chi connectivity index (χ2n) is 8.90.